The van der Waals surface area contributed by atoms with Gasteiger partial charge in [-0.1, -0.05) is 42.1 Å². The fourth-order valence-corrected chi connectivity index (χ4v) is 4.58. The summed E-state index contributed by atoms with van der Waals surface area (Å²) < 4.78 is 6.82. The van der Waals surface area contributed by atoms with E-state index >= 15 is 0 Å². The van der Waals surface area contributed by atoms with Gasteiger partial charge in [0.25, 0.3) is 11.5 Å². The van der Waals surface area contributed by atoms with Crippen LogP contribution in [0.5, 0.6) is 0 Å². The average molecular weight is 483 g/mol. The van der Waals surface area contributed by atoms with E-state index in [0.717, 1.165) is 11.1 Å². The molecule has 0 unspecified atom stereocenters. The zero-order valence-electron chi connectivity index (χ0n) is 19.0. The highest BCUT2D eigenvalue weighted by Gasteiger charge is 2.15. The number of pyridine rings is 1. The second-order valence-corrected chi connectivity index (χ2v) is 8.94. The number of nitrogens with one attached hydrogen (secondary N) is 1. The van der Waals surface area contributed by atoms with Crippen LogP contribution in [0.2, 0.25) is 0 Å². The molecule has 0 spiro atoms. The summed E-state index contributed by atoms with van der Waals surface area (Å²) in [6.07, 6.45) is 3.31. The van der Waals surface area contributed by atoms with E-state index in [2.05, 4.69) is 10.3 Å². The summed E-state index contributed by atoms with van der Waals surface area (Å²) in [6.45, 7) is 2.27. The number of hydrogen-bond acceptors (Lipinski definition) is 6. The van der Waals surface area contributed by atoms with Crippen molar-refractivity contribution in [2.45, 2.75) is 24.4 Å². The highest BCUT2D eigenvalue weighted by atomic mass is 32.2. The van der Waals surface area contributed by atoms with Gasteiger partial charge in [-0.25, -0.2) is 14.5 Å². The fraction of sp³-hybridized carbons (Fsp3) is 0.111. The predicted molar refractivity (Wildman–Crippen MR) is 136 cm³/mol. The van der Waals surface area contributed by atoms with Gasteiger partial charge in [-0.2, -0.15) is 0 Å². The maximum atomic E-state index is 13.4. The number of benzene rings is 2. The third-order valence-electron chi connectivity index (χ3n) is 5.43. The molecule has 0 atom stereocenters. The lowest BCUT2D eigenvalue weighted by Crippen LogP contribution is -2.23. The minimum Gasteiger partial charge on any atom is -0.467 e. The Bertz CT molecular complexity index is 1540. The van der Waals surface area contributed by atoms with Crippen molar-refractivity contribution < 1.29 is 9.21 Å². The van der Waals surface area contributed by atoms with Crippen LogP contribution in [-0.2, 0) is 12.3 Å². The van der Waals surface area contributed by atoms with Crippen LogP contribution in [0.4, 0.5) is 0 Å². The lowest BCUT2D eigenvalue weighted by atomic mass is 10.1. The normalized spacial score (nSPS) is 11.0. The molecule has 35 heavy (non-hydrogen) atoms. The molecule has 5 rings (SSSR count). The zero-order valence-corrected chi connectivity index (χ0v) is 19.8. The first-order chi connectivity index (χ1) is 17.1. The number of nitrogens with zero attached hydrogens (tertiary/aromatic N) is 3. The van der Waals surface area contributed by atoms with Crippen LogP contribution < -0.4 is 10.9 Å². The Morgan fingerprint density at radius 3 is 2.74 bits per heavy atom. The van der Waals surface area contributed by atoms with Crippen LogP contribution in [0.1, 0.15) is 27.2 Å². The molecular weight excluding hydrogens is 460 g/mol. The van der Waals surface area contributed by atoms with Gasteiger partial charge in [0.1, 0.15) is 11.6 Å². The van der Waals surface area contributed by atoms with Crippen molar-refractivity contribution in [2.24, 2.45) is 0 Å². The van der Waals surface area contributed by atoms with E-state index in [0.29, 0.717) is 45.5 Å². The monoisotopic (exact) mass is 482 g/mol. The Morgan fingerprint density at radius 2 is 1.94 bits per heavy atom. The number of rotatable bonds is 7. The molecule has 174 valence electrons. The molecule has 3 aromatic heterocycles. The minimum atomic E-state index is -0.183. The summed E-state index contributed by atoms with van der Waals surface area (Å²) in [4.78, 5) is 35.2. The third kappa shape index (κ3) is 5.02. The number of thioether (sulfide) groups is 1. The Labute approximate surface area is 205 Å². The average Bonchev–Trinajstić information content (AvgIpc) is 3.41. The van der Waals surface area contributed by atoms with E-state index in [4.69, 9.17) is 9.40 Å². The van der Waals surface area contributed by atoms with Crippen LogP contribution in [0, 0.1) is 6.92 Å². The first-order valence-electron chi connectivity index (χ1n) is 11.1. The quantitative estimate of drug-likeness (QED) is 0.262. The Kier molecular flexibility index (Phi) is 6.45. The van der Waals surface area contributed by atoms with Gasteiger partial charge in [0.15, 0.2) is 5.16 Å². The number of fused-ring (bicyclic) bond motifs is 1. The molecule has 0 saturated carbocycles. The molecule has 5 aromatic rings. The van der Waals surface area contributed by atoms with E-state index in [-0.39, 0.29) is 11.5 Å². The van der Waals surface area contributed by atoms with Crippen molar-refractivity contribution in [1.29, 1.82) is 0 Å². The molecule has 0 fully saturated rings. The number of carbonyl (C=O) groups is 1. The van der Waals surface area contributed by atoms with Crippen LogP contribution in [0.15, 0.2) is 99.6 Å². The topological polar surface area (TPSA) is 90.0 Å². The Balaban J connectivity index is 1.41. The summed E-state index contributed by atoms with van der Waals surface area (Å²) in [6, 6.07) is 22.0. The van der Waals surface area contributed by atoms with Crippen LogP contribution in [0.25, 0.3) is 16.7 Å². The number of furan rings is 1. The number of amides is 1. The van der Waals surface area contributed by atoms with E-state index in [1.54, 1.807) is 35.2 Å². The SMILES string of the molecule is Cc1ccc(-n2c(SCc3cccc(C(=O)NCc4ccco4)c3)nc3ccccc3c2=O)nc1. The summed E-state index contributed by atoms with van der Waals surface area (Å²) in [5, 5.41) is 3.94. The molecule has 0 aliphatic carbocycles. The molecule has 8 heteroatoms. The highest BCUT2D eigenvalue weighted by Crippen LogP contribution is 2.24. The molecule has 0 aliphatic rings. The summed E-state index contributed by atoms with van der Waals surface area (Å²) >= 11 is 1.43. The molecule has 1 amide bonds. The first-order valence-corrected chi connectivity index (χ1v) is 12.0. The van der Waals surface area contributed by atoms with Crippen molar-refractivity contribution in [3.8, 4) is 5.82 Å². The maximum absolute atomic E-state index is 13.4. The van der Waals surface area contributed by atoms with Crippen molar-refractivity contribution in [3.63, 3.8) is 0 Å². The molecule has 0 aliphatic heterocycles. The van der Waals surface area contributed by atoms with Gasteiger partial charge in [-0.05, 0) is 60.5 Å². The van der Waals surface area contributed by atoms with Gasteiger partial charge in [0.2, 0.25) is 0 Å². The molecule has 0 bridgehead atoms. The molecule has 1 N–H and O–H groups in total. The molecule has 0 radical (unpaired) electrons. The van der Waals surface area contributed by atoms with E-state index in [9.17, 15) is 9.59 Å². The summed E-state index contributed by atoms with van der Waals surface area (Å²) in [5.41, 5.74) is 2.96. The number of para-hydroxylation sites is 1. The lowest BCUT2D eigenvalue weighted by molar-refractivity contribution is 0.0948. The van der Waals surface area contributed by atoms with Crippen LogP contribution in [-0.4, -0.2) is 20.4 Å². The zero-order chi connectivity index (χ0) is 24.2. The van der Waals surface area contributed by atoms with E-state index < -0.39 is 0 Å². The highest BCUT2D eigenvalue weighted by molar-refractivity contribution is 7.98. The van der Waals surface area contributed by atoms with E-state index in [1.165, 1.54) is 11.8 Å². The molecule has 0 saturated heterocycles. The lowest BCUT2D eigenvalue weighted by Gasteiger charge is -2.13. The molecule has 7 nitrogen and oxygen atoms in total. The van der Waals surface area contributed by atoms with E-state index in [1.807, 2.05) is 61.5 Å². The fourth-order valence-electron chi connectivity index (χ4n) is 3.64. The van der Waals surface area contributed by atoms with Crippen LogP contribution in [0.3, 0.4) is 0 Å². The predicted octanol–water partition coefficient (Wildman–Crippen LogP) is 4.90. The minimum absolute atomic E-state index is 0.166. The van der Waals surface area contributed by atoms with Crippen LogP contribution >= 0.6 is 11.8 Å². The van der Waals surface area contributed by atoms with Gasteiger partial charge < -0.3 is 9.73 Å². The standard InChI is InChI=1S/C27H22N4O3S/c1-18-11-12-24(28-15-18)31-26(33)22-9-2-3-10-23(22)30-27(31)35-17-19-6-4-7-20(14-19)25(32)29-16-21-8-5-13-34-21/h2-15H,16-17H2,1H3,(H,29,32). The largest absolute Gasteiger partial charge is 0.467 e. The van der Waals surface area contributed by atoms with Gasteiger partial charge in [-0.3, -0.25) is 9.59 Å². The second kappa shape index (κ2) is 9.99. The number of hydrogen-bond donors (Lipinski definition) is 1. The van der Waals surface area contributed by atoms with Gasteiger partial charge in [0, 0.05) is 17.5 Å². The molecule has 2 aromatic carbocycles. The smallest absolute Gasteiger partial charge is 0.267 e. The Morgan fingerprint density at radius 1 is 1.06 bits per heavy atom. The summed E-state index contributed by atoms with van der Waals surface area (Å²) in [7, 11) is 0. The third-order valence-corrected chi connectivity index (χ3v) is 6.44. The second-order valence-electron chi connectivity index (χ2n) is 8.00. The Hall–Kier alpha value is -4.17. The van der Waals surface area contributed by atoms with Gasteiger partial charge >= 0.3 is 0 Å². The number of aryl methyl sites for hydroxylation is 1. The summed E-state index contributed by atoms with van der Waals surface area (Å²) in [5.74, 6) is 1.55. The molecular formula is C27H22N4O3S. The van der Waals surface area contributed by atoms with Gasteiger partial charge in [0.05, 0.1) is 23.7 Å². The van der Waals surface area contributed by atoms with Crippen molar-refractivity contribution >= 4 is 28.6 Å². The van der Waals surface area contributed by atoms with Gasteiger partial charge in [-0.15, -0.1) is 0 Å². The number of carbonyl (C=O) groups excluding carboxylic acids is 1. The number of aromatic nitrogens is 3. The van der Waals surface area contributed by atoms with Crippen molar-refractivity contribution in [2.75, 3.05) is 0 Å². The van der Waals surface area contributed by atoms with Crippen molar-refractivity contribution in [1.82, 2.24) is 19.9 Å². The maximum Gasteiger partial charge on any atom is 0.267 e. The van der Waals surface area contributed by atoms with Crippen molar-refractivity contribution in [3.05, 3.63) is 118 Å². The molecule has 3 heterocycles. The first kappa shape index (κ1) is 22.6.